The summed E-state index contributed by atoms with van der Waals surface area (Å²) in [5.74, 6) is 0.356. The molecular formula is C27H30N8O. The number of aromatic nitrogens is 5. The highest BCUT2D eigenvalue weighted by molar-refractivity contribution is 5.77. The number of nitrogens with one attached hydrogen (secondary N) is 2. The molecular weight excluding hydrogens is 452 g/mol. The monoisotopic (exact) mass is 482 g/mol. The number of nitrogens with zero attached hydrogens (tertiary/aromatic N) is 6. The molecule has 36 heavy (non-hydrogen) atoms. The highest BCUT2D eigenvalue weighted by Gasteiger charge is 2.22. The third kappa shape index (κ3) is 4.14. The first-order valence-corrected chi connectivity index (χ1v) is 12.2. The van der Waals surface area contributed by atoms with Gasteiger partial charge in [0.2, 0.25) is 5.95 Å². The van der Waals surface area contributed by atoms with Gasteiger partial charge in [-0.2, -0.15) is 10.2 Å². The lowest BCUT2D eigenvalue weighted by Gasteiger charge is -2.20. The smallest absolute Gasteiger partial charge is 0.278 e. The molecule has 0 fully saturated rings. The molecule has 9 nitrogen and oxygen atoms in total. The van der Waals surface area contributed by atoms with E-state index >= 15 is 0 Å². The van der Waals surface area contributed by atoms with E-state index in [2.05, 4.69) is 47.4 Å². The molecule has 0 atom stereocenters. The molecule has 2 N–H and O–H groups in total. The second-order valence-electron chi connectivity index (χ2n) is 10.5. The third-order valence-electron chi connectivity index (χ3n) is 6.46. The van der Waals surface area contributed by atoms with E-state index in [-0.39, 0.29) is 17.0 Å². The molecule has 0 unspecified atom stereocenters. The zero-order valence-electron chi connectivity index (χ0n) is 21.3. The van der Waals surface area contributed by atoms with Crippen molar-refractivity contribution in [2.75, 3.05) is 11.9 Å². The summed E-state index contributed by atoms with van der Waals surface area (Å²) in [5.41, 5.74) is 5.53. The Morgan fingerprint density at radius 3 is 2.72 bits per heavy atom. The summed E-state index contributed by atoms with van der Waals surface area (Å²) in [7, 11) is 0. The quantitative estimate of drug-likeness (QED) is 0.450. The molecule has 1 aromatic carbocycles. The fraction of sp³-hybridized carbons (Fsp3) is 0.370. The van der Waals surface area contributed by atoms with E-state index in [0.717, 1.165) is 41.2 Å². The van der Waals surface area contributed by atoms with Gasteiger partial charge in [-0.15, -0.1) is 0 Å². The topological polar surface area (TPSA) is 113 Å². The molecule has 3 aromatic heterocycles. The molecule has 0 spiro atoms. The normalized spacial score (nSPS) is 13.6. The van der Waals surface area contributed by atoms with Crippen molar-refractivity contribution in [2.45, 2.75) is 59.0 Å². The Labute approximate surface area is 209 Å². The number of nitriles is 1. The lowest BCUT2D eigenvalue weighted by atomic mass is 9.91. The number of benzene rings is 1. The maximum atomic E-state index is 13.3. The van der Waals surface area contributed by atoms with E-state index < -0.39 is 0 Å². The molecule has 1 aliphatic heterocycles. The molecule has 0 radical (unpaired) electrons. The first kappa shape index (κ1) is 23.7. The number of hydrogen-bond donors (Lipinski definition) is 2. The van der Waals surface area contributed by atoms with Gasteiger partial charge in [0.1, 0.15) is 5.39 Å². The van der Waals surface area contributed by atoms with Crippen LogP contribution in [-0.2, 0) is 18.4 Å². The molecule has 0 bridgehead atoms. The Bertz CT molecular complexity index is 1570. The van der Waals surface area contributed by atoms with Crippen LogP contribution in [0.2, 0.25) is 0 Å². The van der Waals surface area contributed by atoms with Gasteiger partial charge in [0, 0.05) is 41.8 Å². The Hall–Kier alpha value is -4.03. The van der Waals surface area contributed by atoms with Gasteiger partial charge in [0.25, 0.3) is 5.56 Å². The Morgan fingerprint density at radius 2 is 2.00 bits per heavy atom. The Morgan fingerprint density at radius 1 is 1.19 bits per heavy atom. The molecule has 0 saturated carbocycles. The fourth-order valence-electron chi connectivity index (χ4n) is 4.66. The SMILES string of the molecule is CC(C)n1c(=O)c2cnc(Nc3cc(C#N)c4c(c3)CNCC4)nc2n1-c1ccnc(C(C)(C)C)c1. The van der Waals surface area contributed by atoms with Crippen molar-refractivity contribution >= 4 is 22.7 Å². The Balaban J connectivity index is 1.65. The van der Waals surface area contributed by atoms with Crippen molar-refractivity contribution in [2.24, 2.45) is 0 Å². The van der Waals surface area contributed by atoms with Gasteiger partial charge in [-0.3, -0.25) is 9.78 Å². The molecule has 4 heterocycles. The molecule has 0 amide bonds. The van der Waals surface area contributed by atoms with Gasteiger partial charge in [0.05, 0.1) is 17.3 Å². The largest absolute Gasteiger partial charge is 0.324 e. The van der Waals surface area contributed by atoms with Crippen LogP contribution in [0, 0.1) is 11.3 Å². The number of fused-ring (bicyclic) bond motifs is 2. The van der Waals surface area contributed by atoms with Crippen LogP contribution < -0.4 is 16.2 Å². The summed E-state index contributed by atoms with van der Waals surface area (Å²) in [5, 5.41) is 16.7. The number of anilines is 2. The number of rotatable bonds is 4. The average molecular weight is 483 g/mol. The summed E-state index contributed by atoms with van der Waals surface area (Å²) in [4.78, 5) is 27.1. The molecule has 184 valence electrons. The van der Waals surface area contributed by atoms with Crippen LogP contribution in [0.25, 0.3) is 16.7 Å². The summed E-state index contributed by atoms with van der Waals surface area (Å²) in [6.07, 6.45) is 4.17. The summed E-state index contributed by atoms with van der Waals surface area (Å²) in [6.45, 7) is 11.8. The molecule has 0 aliphatic carbocycles. The van der Waals surface area contributed by atoms with Crippen LogP contribution >= 0.6 is 0 Å². The van der Waals surface area contributed by atoms with Gasteiger partial charge in [0.15, 0.2) is 5.65 Å². The molecule has 4 aromatic rings. The lowest BCUT2D eigenvalue weighted by molar-refractivity contribution is 0.474. The van der Waals surface area contributed by atoms with Gasteiger partial charge in [-0.25, -0.2) is 14.3 Å². The second kappa shape index (κ2) is 8.88. The Kier molecular flexibility index (Phi) is 5.85. The summed E-state index contributed by atoms with van der Waals surface area (Å²) >= 11 is 0. The average Bonchev–Trinajstić information content (AvgIpc) is 3.15. The summed E-state index contributed by atoms with van der Waals surface area (Å²) < 4.78 is 3.55. The highest BCUT2D eigenvalue weighted by Crippen LogP contribution is 2.27. The first-order chi connectivity index (χ1) is 17.2. The van der Waals surface area contributed by atoms with Crippen LogP contribution in [-0.4, -0.2) is 30.9 Å². The van der Waals surface area contributed by atoms with Crippen molar-refractivity contribution in [3.8, 4) is 11.8 Å². The van der Waals surface area contributed by atoms with E-state index in [9.17, 15) is 10.1 Å². The molecule has 1 aliphatic rings. The van der Waals surface area contributed by atoms with Gasteiger partial charge >= 0.3 is 0 Å². The van der Waals surface area contributed by atoms with Crippen LogP contribution in [0.15, 0.2) is 41.5 Å². The van der Waals surface area contributed by atoms with Gasteiger partial charge < -0.3 is 10.6 Å². The van der Waals surface area contributed by atoms with Crippen molar-refractivity contribution < 1.29 is 0 Å². The molecule has 5 rings (SSSR count). The van der Waals surface area contributed by atoms with Crippen molar-refractivity contribution in [3.05, 3.63) is 69.4 Å². The van der Waals surface area contributed by atoms with Crippen molar-refractivity contribution in [3.63, 3.8) is 0 Å². The van der Waals surface area contributed by atoms with Crippen LogP contribution in [0.5, 0.6) is 0 Å². The van der Waals surface area contributed by atoms with Crippen LogP contribution in [0.4, 0.5) is 11.6 Å². The van der Waals surface area contributed by atoms with E-state index in [4.69, 9.17) is 4.98 Å². The highest BCUT2D eigenvalue weighted by atomic mass is 16.1. The van der Waals surface area contributed by atoms with Crippen LogP contribution in [0.3, 0.4) is 0 Å². The van der Waals surface area contributed by atoms with Crippen LogP contribution in [0.1, 0.15) is 63.0 Å². The van der Waals surface area contributed by atoms with Gasteiger partial charge in [-0.05, 0) is 62.2 Å². The first-order valence-electron chi connectivity index (χ1n) is 12.2. The second-order valence-corrected chi connectivity index (χ2v) is 10.5. The van der Waals surface area contributed by atoms with Crippen molar-refractivity contribution in [1.29, 1.82) is 5.26 Å². The predicted molar refractivity (Wildman–Crippen MR) is 140 cm³/mol. The maximum Gasteiger partial charge on any atom is 0.278 e. The molecule has 0 saturated heterocycles. The van der Waals surface area contributed by atoms with E-state index in [0.29, 0.717) is 29.1 Å². The molecule has 9 heteroatoms. The fourth-order valence-corrected chi connectivity index (χ4v) is 4.66. The van der Waals surface area contributed by atoms with E-state index in [1.165, 1.54) is 0 Å². The predicted octanol–water partition coefficient (Wildman–Crippen LogP) is 4.12. The summed E-state index contributed by atoms with van der Waals surface area (Å²) in [6, 6.07) is 9.98. The van der Waals surface area contributed by atoms with E-state index in [1.54, 1.807) is 17.1 Å². The minimum atomic E-state index is -0.149. The maximum absolute atomic E-state index is 13.3. The van der Waals surface area contributed by atoms with Crippen molar-refractivity contribution in [1.82, 2.24) is 29.6 Å². The van der Waals surface area contributed by atoms with Gasteiger partial charge in [-0.1, -0.05) is 20.8 Å². The number of hydrogen-bond acceptors (Lipinski definition) is 7. The lowest BCUT2D eigenvalue weighted by Crippen LogP contribution is -2.24. The zero-order chi connectivity index (χ0) is 25.6. The minimum absolute atomic E-state index is 0.0966. The third-order valence-corrected chi connectivity index (χ3v) is 6.46. The number of pyridine rings is 1. The van der Waals surface area contributed by atoms with E-state index in [1.807, 2.05) is 42.8 Å². The zero-order valence-corrected chi connectivity index (χ0v) is 21.3. The minimum Gasteiger partial charge on any atom is -0.324 e. The standard InChI is InChI=1S/C27H30N8O/c1-16(2)34-25(36)22-15-31-26(32-19-10-17(13-28)21-7-8-29-14-18(21)11-19)33-24(22)35(34)20-6-9-30-23(12-20)27(3,4)5/h6,9-12,15-16,29H,7-8,14H2,1-5H3,(H,31,32,33).